The van der Waals surface area contributed by atoms with Crippen LogP contribution in [-0.2, 0) is 6.54 Å². The van der Waals surface area contributed by atoms with Gasteiger partial charge < -0.3 is 9.47 Å². The van der Waals surface area contributed by atoms with E-state index in [0.29, 0.717) is 6.54 Å². The summed E-state index contributed by atoms with van der Waals surface area (Å²) in [5.41, 5.74) is 3.86. The summed E-state index contributed by atoms with van der Waals surface area (Å²) in [6, 6.07) is 20.7. The van der Waals surface area contributed by atoms with Gasteiger partial charge >= 0.3 is 0 Å². The third kappa shape index (κ3) is 3.51. The average Bonchev–Trinajstić information content (AvgIpc) is 3.59. The predicted molar refractivity (Wildman–Crippen MR) is 134 cm³/mol. The first kappa shape index (κ1) is 20.8. The second-order valence-corrected chi connectivity index (χ2v) is 9.67. The first-order chi connectivity index (χ1) is 16.6. The van der Waals surface area contributed by atoms with Crippen LogP contribution in [0.25, 0.3) is 5.69 Å². The fourth-order valence-electron chi connectivity index (χ4n) is 4.52. The van der Waals surface area contributed by atoms with Gasteiger partial charge in [-0.05, 0) is 42.8 Å². The Morgan fingerprint density at radius 2 is 1.85 bits per heavy atom. The van der Waals surface area contributed by atoms with E-state index in [1.807, 2.05) is 42.2 Å². The van der Waals surface area contributed by atoms with Crippen molar-refractivity contribution in [3.63, 3.8) is 0 Å². The molecule has 2 aliphatic heterocycles. The van der Waals surface area contributed by atoms with E-state index in [-0.39, 0.29) is 11.9 Å². The molecule has 2 aliphatic rings. The van der Waals surface area contributed by atoms with Gasteiger partial charge in [0.15, 0.2) is 0 Å². The zero-order chi connectivity index (χ0) is 23.2. The van der Waals surface area contributed by atoms with Gasteiger partial charge in [0.1, 0.15) is 0 Å². The molecule has 0 radical (unpaired) electrons. The van der Waals surface area contributed by atoms with Gasteiger partial charge in [-0.1, -0.05) is 42.1 Å². The van der Waals surface area contributed by atoms with E-state index in [1.54, 1.807) is 22.9 Å². The molecular formula is C26H24N6OS. The summed E-state index contributed by atoms with van der Waals surface area (Å²) >= 11 is 1.63. The Morgan fingerprint density at radius 3 is 2.59 bits per heavy atom. The van der Waals surface area contributed by atoms with Crippen molar-refractivity contribution >= 4 is 29.3 Å². The highest BCUT2D eigenvalue weighted by Gasteiger charge is 2.40. The molecule has 0 fully saturated rings. The van der Waals surface area contributed by atoms with E-state index < -0.39 is 0 Å². The fourth-order valence-corrected chi connectivity index (χ4v) is 5.56. The highest BCUT2D eigenvalue weighted by molar-refractivity contribution is 7.99. The van der Waals surface area contributed by atoms with Gasteiger partial charge in [-0.25, -0.2) is 9.67 Å². The zero-order valence-corrected chi connectivity index (χ0v) is 19.8. The maximum absolute atomic E-state index is 13.5. The number of hydrogen-bond donors (Lipinski definition) is 0. The van der Waals surface area contributed by atoms with Gasteiger partial charge in [-0.2, -0.15) is 5.10 Å². The number of rotatable bonds is 5. The summed E-state index contributed by atoms with van der Waals surface area (Å²) in [6.07, 6.45) is 5.82. The minimum atomic E-state index is -0.00897. The van der Waals surface area contributed by atoms with E-state index in [9.17, 15) is 4.79 Å². The molecule has 0 saturated heterocycles. The molecule has 0 unspecified atom stereocenters. The Bertz CT molecular complexity index is 1370. The molecule has 34 heavy (non-hydrogen) atoms. The number of carbonyl (C=O) groups excluding carboxylic acids is 1. The van der Waals surface area contributed by atoms with Crippen LogP contribution in [0.4, 0.5) is 5.69 Å². The lowest BCUT2D eigenvalue weighted by Gasteiger charge is -2.31. The number of guanidine groups is 1. The lowest BCUT2D eigenvalue weighted by molar-refractivity contribution is 0.0862. The Morgan fingerprint density at radius 1 is 1.06 bits per heavy atom. The monoisotopic (exact) mass is 468 g/mol. The van der Waals surface area contributed by atoms with Crippen molar-refractivity contribution in [2.75, 3.05) is 18.5 Å². The molecular weight excluding hydrogens is 444 g/mol. The second-order valence-electron chi connectivity index (χ2n) is 8.61. The van der Waals surface area contributed by atoms with Crippen LogP contribution < -0.4 is 4.90 Å². The van der Waals surface area contributed by atoms with Crippen molar-refractivity contribution in [1.82, 2.24) is 19.2 Å². The number of aromatic nitrogens is 3. The maximum atomic E-state index is 13.5. The predicted octanol–water partition coefficient (Wildman–Crippen LogP) is 4.52. The smallest absolute Gasteiger partial charge is 0.265 e. The maximum Gasteiger partial charge on any atom is 0.265 e. The van der Waals surface area contributed by atoms with Gasteiger partial charge in [0.25, 0.3) is 5.91 Å². The van der Waals surface area contributed by atoms with E-state index in [1.165, 1.54) is 0 Å². The number of anilines is 1. The molecule has 0 spiro atoms. The summed E-state index contributed by atoms with van der Waals surface area (Å²) in [5, 5.41) is 5.26. The molecule has 8 heteroatoms. The molecule has 170 valence electrons. The van der Waals surface area contributed by atoms with E-state index in [4.69, 9.17) is 4.99 Å². The van der Waals surface area contributed by atoms with Crippen molar-refractivity contribution in [2.45, 2.75) is 29.4 Å². The number of benzene rings is 2. The summed E-state index contributed by atoms with van der Waals surface area (Å²) in [7, 11) is 1.82. The van der Waals surface area contributed by atoms with Crippen LogP contribution in [0.1, 0.15) is 22.8 Å². The first-order valence-corrected chi connectivity index (χ1v) is 12.1. The minimum absolute atomic E-state index is 0.00897. The lowest BCUT2D eigenvalue weighted by Crippen LogP contribution is -2.47. The molecule has 1 atom stereocenters. The molecule has 4 heterocycles. The van der Waals surface area contributed by atoms with Gasteiger partial charge in [0.05, 0.1) is 28.0 Å². The van der Waals surface area contributed by atoms with Crippen LogP contribution in [0.5, 0.6) is 0 Å². The highest BCUT2D eigenvalue weighted by atomic mass is 32.2. The largest absolute Gasteiger partial charge is 0.335 e. The molecule has 0 N–H and O–H groups in total. The molecule has 0 saturated carbocycles. The standard InChI is InChI=1S/C26H24N6OS/c1-18-15-31-22-17-30(16-19-9-11-20(12-10-19)32-14-6-13-27-32)25(34-21-7-4-3-5-8-21)23(22)24(33)29(2)26(31)28-18/h3-14,17-18H,15-16H2,1-2H3/t18-/m1/s1. The van der Waals surface area contributed by atoms with Crippen molar-refractivity contribution < 1.29 is 4.79 Å². The molecule has 6 rings (SSSR count). The lowest BCUT2D eigenvalue weighted by atomic mass is 10.2. The molecule has 2 aromatic carbocycles. The topological polar surface area (TPSA) is 58.7 Å². The fraction of sp³-hybridized carbons (Fsp3) is 0.192. The van der Waals surface area contributed by atoms with Gasteiger partial charge in [0.2, 0.25) is 5.96 Å². The summed E-state index contributed by atoms with van der Waals surface area (Å²) in [6.45, 7) is 3.52. The molecule has 0 aliphatic carbocycles. The van der Waals surface area contributed by atoms with Crippen molar-refractivity contribution in [2.24, 2.45) is 4.99 Å². The van der Waals surface area contributed by atoms with Crippen molar-refractivity contribution in [3.05, 3.63) is 90.4 Å². The molecule has 0 bridgehead atoms. The van der Waals surface area contributed by atoms with Crippen molar-refractivity contribution in [1.29, 1.82) is 0 Å². The number of amides is 1. The van der Waals surface area contributed by atoms with Gasteiger partial charge in [0, 0.05) is 43.6 Å². The SMILES string of the molecule is C[C@@H]1CN2C(=N1)N(C)C(=O)c1c2cn(Cc2ccc(-n3cccn3)cc2)c1Sc1ccccc1. The normalized spacial score (nSPS) is 17.1. The van der Waals surface area contributed by atoms with Crippen molar-refractivity contribution in [3.8, 4) is 5.69 Å². The zero-order valence-electron chi connectivity index (χ0n) is 19.0. The molecule has 2 aromatic heterocycles. The number of nitrogens with zero attached hydrogens (tertiary/aromatic N) is 6. The molecule has 1 amide bonds. The Balaban J connectivity index is 1.41. The highest BCUT2D eigenvalue weighted by Crippen LogP contribution is 2.42. The quantitative estimate of drug-likeness (QED) is 0.432. The number of carbonyl (C=O) groups is 1. The van der Waals surface area contributed by atoms with Crippen LogP contribution in [0.2, 0.25) is 0 Å². The summed E-state index contributed by atoms with van der Waals surface area (Å²) in [4.78, 5) is 23.2. The summed E-state index contributed by atoms with van der Waals surface area (Å²) in [5.74, 6) is 0.729. The minimum Gasteiger partial charge on any atom is -0.335 e. The first-order valence-electron chi connectivity index (χ1n) is 11.3. The van der Waals surface area contributed by atoms with Crippen LogP contribution in [-0.4, -0.2) is 50.7 Å². The van der Waals surface area contributed by atoms with E-state index in [2.05, 4.69) is 64.1 Å². The van der Waals surface area contributed by atoms with Crippen LogP contribution in [0, 0.1) is 0 Å². The van der Waals surface area contributed by atoms with Crippen LogP contribution >= 0.6 is 11.8 Å². The van der Waals surface area contributed by atoms with Crippen LogP contribution in [0.15, 0.2) is 94.2 Å². The number of fused-ring (bicyclic) bond motifs is 3. The Labute approximate surface area is 202 Å². The molecule has 4 aromatic rings. The number of hydrogen-bond acceptors (Lipinski definition) is 5. The molecule has 7 nitrogen and oxygen atoms in total. The Hall–Kier alpha value is -3.78. The van der Waals surface area contributed by atoms with Gasteiger partial charge in [-0.15, -0.1) is 0 Å². The third-order valence-electron chi connectivity index (χ3n) is 6.16. The number of aliphatic imine (C=N–C) groups is 1. The Kier molecular flexibility index (Phi) is 5.03. The van der Waals surface area contributed by atoms with E-state index in [0.717, 1.165) is 44.9 Å². The summed E-state index contributed by atoms with van der Waals surface area (Å²) < 4.78 is 4.04. The van der Waals surface area contributed by atoms with Gasteiger partial charge in [-0.3, -0.25) is 9.69 Å². The second kappa shape index (κ2) is 8.22. The third-order valence-corrected chi connectivity index (χ3v) is 7.30. The average molecular weight is 469 g/mol. The van der Waals surface area contributed by atoms with Crippen LogP contribution in [0.3, 0.4) is 0 Å². The van der Waals surface area contributed by atoms with E-state index >= 15 is 0 Å².